The van der Waals surface area contributed by atoms with Crippen LogP contribution in [-0.2, 0) is 19.9 Å². The number of halogens is 3. The Bertz CT molecular complexity index is 755. The van der Waals surface area contributed by atoms with Crippen LogP contribution in [0.15, 0.2) is 17.0 Å². The minimum Gasteiger partial charge on any atom is -0.229 e. The van der Waals surface area contributed by atoms with Crippen molar-refractivity contribution in [2.75, 3.05) is 19.3 Å². The zero-order chi connectivity index (χ0) is 15.3. The Hall–Kier alpha value is -1.13. The minimum atomic E-state index is -4.38. The van der Waals surface area contributed by atoms with Crippen LogP contribution in [0.25, 0.3) is 0 Å². The number of hydrogen-bond acceptors (Lipinski definition) is 4. The first-order valence-electron chi connectivity index (χ1n) is 5.37. The summed E-state index contributed by atoms with van der Waals surface area (Å²) in [4.78, 5) is -1.01. The van der Waals surface area contributed by atoms with E-state index in [-0.39, 0.29) is 13.1 Å². The van der Waals surface area contributed by atoms with Gasteiger partial charge < -0.3 is 0 Å². The summed E-state index contributed by atoms with van der Waals surface area (Å²) in [6.45, 7) is -0.667. The molecule has 1 fully saturated rings. The molecule has 1 aromatic rings. The van der Waals surface area contributed by atoms with Crippen LogP contribution in [0.3, 0.4) is 0 Å². The fourth-order valence-electron chi connectivity index (χ4n) is 1.71. The lowest BCUT2D eigenvalue weighted by atomic mass is 10.3. The van der Waals surface area contributed by atoms with Gasteiger partial charge in [0, 0.05) is 19.3 Å². The summed E-state index contributed by atoms with van der Waals surface area (Å²) in [7, 11) is -7.78. The van der Waals surface area contributed by atoms with E-state index in [2.05, 4.69) is 0 Å². The highest BCUT2D eigenvalue weighted by atomic mass is 32.2. The summed E-state index contributed by atoms with van der Waals surface area (Å²) in [5.74, 6) is -5.20. The first-order chi connectivity index (χ1) is 9.05. The molecule has 1 heterocycles. The van der Waals surface area contributed by atoms with E-state index in [1.165, 1.54) is 0 Å². The molecule has 2 rings (SSSR count). The van der Waals surface area contributed by atoms with Gasteiger partial charge in [0.25, 0.3) is 0 Å². The van der Waals surface area contributed by atoms with Crippen molar-refractivity contribution in [1.29, 1.82) is 0 Å². The van der Waals surface area contributed by atoms with E-state index in [0.717, 1.165) is 6.26 Å². The summed E-state index contributed by atoms with van der Waals surface area (Å²) < 4.78 is 86.3. The molecule has 10 heteroatoms. The minimum absolute atomic E-state index is 0.334. The fourth-order valence-corrected chi connectivity index (χ4v) is 4.39. The number of nitrogens with zero attached hydrogens (tertiary/aromatic N) is 1. The van der Waals surface area contributed by atoms with Crippen LogP contribution >= 0.6 is 0 Å². The molecule has 0 bridgehead atoms. The van der Waals surface area contributed by atoms with Crippen molar-refractivity contribution < 1.29 is 30.0 Å². The van der Waals surface area contributed by atoms with Crippen LogP contribution < -0.4 is 0 Å². The highest BCUT2D eigenvalue weighted by Crippen LogP contribution is 2.28. The molecule has 0 N–H and O–H groups in total. The van der Waals surface area contributed by atoms with Crippen molar-refractivity contribution in [1.82, 2.24) is 4.31 Å². The molecule has 0 spiro atoms. The molecule has 20 heavy (non-hydrogen) atoms. The Morgan fingerprint density at radius 1 is 1.05 bits per heavy atom. The van der Waals surface area contributed by atoms with Gasteiger partial charge in [0.05, 0.1) is 5.25 Å². The fraction of sp³-hybridized carbons (Fsp3) is 0.400. The second kappa shape index (κ2) is 4.71. The number of sulfonamides is 1. The standard InChI is InChI=1S/C10H10F3NO4S2/c1-19(15,16)6-4-14(5-6)20(17,18)8-3-2-7(11)9(12)10(8)13/h2-3,6H,4-5H2,1H3. The van der Waals surface area contributed by atoms with Gasteiger partial charge in [0.1, 0.15) is 4.90 Å². The zero-order valence-electron chi connectivity index (χ0n) is 10.2. The van der Waals surface area contributed by atoms with Gasteiger partial charge in [0.2, 0.25) is 10.0 Å². The van der Waals surface area contributed by atoms with Gasteiger partial charge in [0.15, 0.2) is 27.3 Å². The van der Waals surface area contributed by atoms with Crippen molar-refractivity contribution in [3.05, 3.63) is 29.6 Å². The average molecular weight is 329 g/mol. The van der Waals surface area contributed by atoms with Crippen LogP contribution in [0, 0.1) is 17.5 Å². The van der Waals surface area contributed by atoms with Crippen molar-refractivity contribution >= 4 is 19.9 Å². The molecule has 0 aliphatic carbocycles. The molecule has 0 amide bonds. The highest BCUT2D eigenvalue weighted by Gasteiger charge is 2.43. The van der Waals surface area contributed by atoms with Gasteiger partial charge in [-0.15, -0.1) is 0 Å². The molecule has 1 aliphatic heterocycles. The summed E-state index contributed by atoms with van der Waals surface area (Å²) in [5.41, 5.74) is 0. The van der Waals surface area contributed by atoms with Gasteiger partial charge in [-0.3, -0.25) is 0 Å². The molecular weight excluding hydrogens is 319 g/mol. The van der Waals surface area contributed by atoms with E-state index in [4.69, 9.17) is 0 Å². The van der Waals surface area contributed by atoms with E-state index in [1.54, 1.807) is 0 Å². The monoisotopic (exact) mass is 329 g/mol. The lowest BCUT2D eigenvalue weighted by Gasteiger charge is -2.36. The molecule has 112 valence electrons. The van der Waals surface area contributed by atoms with Crippen molar-refractivity contribution in [2.24, 2.45) is 0 Å². The van der Waals surface area contributed by atoms with Crippen molar-refractivity contribution in [3.8, 4) is 0 Å². The first kappa shape index (κ1) is 15.3. The lowest BCUT2D eigenvalue weighted by Crippen LogP contribution is -2.56. The Labute approximate surface area is 114 Å². The van der Waals surface area contributed by atoms with Crippen LogP contribution in [-0.4, -0.2) is 45.7 Å². The maximum absolute atomic E-state index is 13.5. The van der Waals surface area contributed by atoms with Crippen molar-refractivity contribution in [2.45, 2.75) is 10.1 Å². The predicted molar refractivity (Wildman–Crippen MR) is 63.7 cm³/mol. The summed E-state index contributed by atoms with van der Waals surface area (Å²) in [6.07, 6.45) is 0.958. The Balaban J connectivity index is 2.33. The molecule has 0 aromatic heterocycles. The average Bonchev–Trinajstić information content (AvgIpc) is 2.20. The maximum Gasteiger partial charge on any atom is 0.246 e. The van der Waals surface area contributed by atoms with E-state index in [0.29, 0.717) is 16.4 Å². The largest absolute Gasteiger partial charge is 0.246 e. The van der Waals surface area contributed by atoms with Gasteiger partial charge in [-0.1, -0.05) is 0 Å². The van der Waals surface area contributed by atoms with E-state index >= 15 is 0 Å². The molecule has 0 saturated carbocycles. The third kappa shape index (κ3) is 2.42. The quantitative estimate of drug-likeness (QED) is 0.758. The maximum atomic E-state index is 13.5. The Morgan fingerprint density at radius 2 is 1.60 bits per heavy atom. The van der Waals surface area contributed by atoms with Crippen LogP contribution in [0.2, 0.25) is 0 Å². The normalized spacial score (nSPS) is 18.0. The molecule has 0 radical (unpaired) electrons. The zero-order valence-corrected chi connectivity index (χ0v) is 11.8. The third-order valence-corrected chi connectivity index (χ3v) is 6.40. The van der Waals surface area contributed by atoms with E-state index < -0.39 is 47.5 Å². The van der Waals surface area contributed by atoms with Crippen LogP contribution in [0.5, 0.6) is 0 Å². The Kier molecular flexibility index (Phi) is 3.59. The smallest absolute Gasteiger partial charge is 0.229 e. The molecule has 1 aliphatic rings. The van der Waals surface area contributed by atoms with Gasteiger partial charge in [-0.25, -0.2) is 30.0 Å². The summed E-state index contributed by atoms with van der Waals surface area (Å²) >= 11 is 0. The number of hydrogen-bond donors (Lipinski definition) is 0. The number of sulfone groups is 1. The molecule has 0 unspecified atom stereocenters. The predicted octanol–water partition coefficient (Wildman–Crippen LogP) is 0.521. The van der Waals surface area contributed by atoms with Gasteiger partial charge >= 0.3 is 0 Å². The third-order valence-electron chi connectivity index (χ3n) is 3.04. The van der Waals surface area contributed by atoms with E-state index in [9.17, 15) is 30.0 Å². The van der Waals surface area contributed by atoms with E-state index in [1.807, 2.05) is 0 Å². The first-order valence-corrected chi connectivity index (χ1v) is 8.77. The summed E-state index contributed by atoms with van der Waals surface area (Å²) in [6, 6.07) is 1.11. The van der Waals surface area contributed by atoms with Gasteiger partial charge in [-0.2, -0.15) is 4.31 Å². The molecular formula is C10H10F3NO4S2. The lowest BCUT2D eigenvalue weighted by molar-refractivity contribution is 0.308. The Morgan fingerprint density at radius 3 is 2.10 bits per heavy atom. The topological polar surface area (TPSA) is 71.5 Å². The number of rotatable bonds is 3. The highest BCUT2D eigenvalue weighted by molar-refractivity contribution is 7.92. The molecule has 5 nitrogen and oxygen atoms in total. The second-order valence-corrected chi connectivity index (χ2v) is 8.68. The van der Waals surface area contributed by atoms with Gasteiger partial charge in [-0.05, 0) is 12.1 Å². The second-order valence-electron chi connectivity index (χ2n) is 4.45. The van der Waals surface area contributed by atoms with Crippen LogP contribution in [0.4, 0.5) is 13.2 Å². The summed E-state index contributed by atoms with van der Waals surface area (Å²) in [5, 5.41) is -0.870. The van der Waals surface area contributed by atoms with Crippen molar-refractivity contribution in [3.63, 3.8) is 0 Å². The molecule has 1 aromatic carbocycles. The SMILES string of the molecule is CS(=O)(=O)C1CN(S(=O)(=O)c2ccc(F)c(F)c2F)C1. The molecule has 1 saturated heterocycles. The number of benzene rings is 1. The molecule has 0 atom stereocenters. The van der Waals surface area contributed by atoms with Crippen LogP contribution in [0.1, 0.15) is 0 Å².